The summed E-state index contributed by atoms with van der Waals surface area (Å²) in [5, 5.41) is 11.7. The summed E-state index contributed by atoms with van der Waals surface area (Å²) in [7, 11) is -4.24. The number of Topliss-reactive ketones (excluding diaryl/α,β-unsaturated/α-hetero) is 1. The number of hydrogen-bond acceptors (Lipinski definition) is 8. The molecule has 9 heteroatoms. The van der Waals surface area contributed by atoms with Crippen LogP contribution in [0.2, 0.25) is 0 Å². The van der Waals surface area contributed by atoms with Crippen molar-refractivity contribution in [3.8, 4) is 0 Å². The molecule has 5 atom stereocenters. The molecule has 1 aromatic rings. The van der Waals surface area contributed by atoms with E-state index in [4.69, 9.17) is 8.92 Å². The van der Waals surface area contributed by atoms with Crippen molar-refractivity contribution in [1.29, 1.82) is 0 Å². The Kier molecular flexibility index (Phi) is 8.00. The molecule has 0 bridgehead atoms. The number of ether oxygens (including phenoxy) is 1. The number of carbonyl (C=O) groups is 3. The minimum atomic E-state index is -4.24. The van der Waals surface area contributed by atoms with Gasteiger partial charge in [0.15, 0.2) is 11.4 Å². The number of rotatable bonds is 9. The standard InChI is InChI=1S/C33H40O8S/c1-5-6-7-29(37)41-33(28(36)20-40-42(38,39)24-11-8-21(2)9-12-24)17-15-26-25-13-10-22-18-23(34)14-16-31(22,3)30(25)27(35)19-32(26,33)4/h8-9,11-12,14,16,18,26-27,35H,5-7,10,13,15,17,19-20H2,1-4H3/t26-,27-,31-,32-,33-/m0/s1. The third-order valence-electron chi connectivity index (χ3n) is 10.1. The fourth-order valence-electron chi connectivity index (χ4n) is 7.85. The minimum absolute atomic E-state index is 0.0632. The van der Waals surface area contributed by atoms with Crippen molar-refractivity contribution in [2.75, 3.05) is 6.61 Å². The molecule has 1 fully saturated rings. The minimum Gasteiger partial charge on any atom is -0.450 e. The first-order valence-corrected chi connectivity index (χ1v) is 16.3. The first-order chi connectivity index (χ1) is 19.8. The maximum absolute atomic E-state index is 14.1. The number of aliphatic hydroxyl groups excluding tert-OH is 1. The van der Waals surface area contributed by atoms with E-state index >= 15 is 0 Å². The molecule has 42 heavy (non-hydrogen) atoms. The Morgan fingerprint density at radius 3 is 2.52 bits per heavy atom. The van der Waals surface area contributed by atoms with Crippen molar-refractivity contribution in [2.24, 2.45) is 16.7 Å². The molecule has 4 aliphatic carbocycles. The predicted octanol–water partition coefficient (Wildman–Crippen LogP) is 5.08. The van der Waals surface area contributed by atoms with Crippen LogP contribution in [-0.4, -0.2) is 49.4 Å². The molecule has 8 nitrogen and oxygen atoms in total. The summed E-state index contributed by atoms with van der Waals surface area (Å²) in [6.45, 7) is 6.91. The molecule has 0 aromatic heterocycles. The summed E-state index contributed by atoms with van der Waals surface area (Å²) in [5.74, 6) is -1.36. The smallest absolute Gasteiger partial charge is 0.306 e. The van der Waals surface area contributed by atoms with E-state index in [9.17, 15) is 27.9 Å². The van der Waals surface area contributed by atoms with Crippen molar-refractivity contribution >= 4 is 27.7 Å². The fourth-order valence-corrected chi connectivity index (χ4v) is 8.72. The molecular weight excluding hydrogens is 556 g/mol. The first kappa shape index (κ1) is 30.6. The average Bonchev–Trinajstić information content (AvgIpc) is 3.23. The van der Waals surface area contributed by atoms with Crippen molar-refractivity contribution in [2.45, 2.75) is 95.7 Å². The lowest BCUT2D eigenvalue weighted by Gasteiger charge is -2.54. The van der Waals surface area contributed by atoms with Gasteiger partial charge in [0.05, 0.1) is 11.0 Å². The number of aliphatic hydroxyl groups is 1. The monoisotopic (exact) mass is 596 g/mol. The van der Waals surface area contributed by atoms with Gasteiger partial charge in [0.2, 0.25) is 5.78 Å². The molecule has 0 unspecified atom stereocenters. The summed E-state index contributed by atoms with van der Waals surface area (Å²) in [6.07, 6.45) is 7.81. The Morgan fingerprint density at radius 2 is 1.83 bits per heavy atom. The lowest BCUT2D eigenvalue weighted by molar-refractivity contribution is -0.185. The van der Waals surface area contributed by atoms with Crippen LogP contribution in [-0.2, 0) is 33.4 Å². The number of allylic oxidation sites excluding steroid dienone is 5. The predicted molar refractivity (Wildman–Crippen MR) is 156 cm³/mol. The van der Waals surface area contributed by atoms with Crippen molar-refractivity contribution in [3.63, 3.8) is 0 Å². The highest BCUT2D eigenvalue weighted by atomic mass is 32.2. The van der Waals surface area contributed by atoms with Crippen LogP contribution < -0.4 is 0 Å². The van der Waals surface area contributed by atoms with Crippen LogP contribution >= 0.6 is 0 Å². The van der Waals surface area contributed by atoms with E-state index in [1.165, 1.54) is 12.1 Å². The van der Waals surface area contributed by atoms with E-state index in [-0.39, 0.29) is 35.9 Å². The lowest BCUT2D eigenvalue weighted by atomic mass is 9.52. The highest BCUT2D eigenvalue weighted by Gasteiger charge is 2.67. The zero-order valence-electron chi connectivity index (χ0n) is 24.8. The van der Waals surface area contributed by atoms with Crippen LogP contribution in [0.5, 0.6) is 0 Å². The maximum Gasteiger partial charge on any atom is 0.306 e. The number of benzene rings is 1. The van der Waals surface area contributed by atoms with Crippen molar-refractivity contribution in [1.82, 2.24) is 0 Å². The normalized spacial score (nSPS) is 32.1. The van der Waals surface area contributed by atoms with E-state index in [1.807, 2.05) is 33.8 Å². The molecule has 0 amide bonds. The lowest BCUT2D eigenvalue weighted by Crippen LogP contribution is -2.59. The van der Waals surface area contributed by atoms with Gasteiger partial charge in [-0.1, -0.05) is 55.2 Å². The molecule has 226 valence electrons. The van der Waals surface area contributed by atoms with Gasteiger partial charge in [-0.2, -0.15) is 8.42 Å². The van der Waals surface area contributed by atoms with E-state index in [0.29, 0.717) is 25.7 Å². The number of esters is 1. The first-order valence-electron chi connectivity index (χ1n) is 14.8. The van der Waals surface area contributed by atoms with Gasteiger partial charge in [-0.25, -0.2) is 0 Å². The van der Waals surface area contributed by atoms with E-state index in [0.717, 1.165) is 28.7 Å². The van der Waals surface area contributed by atoms with E-state index < -0.39 is 51.0 Å². The van der Waals surface area contributed by atoms with Crippen molar-refractivity contribution in [3.05, 3.63) is 64.8 Å². The second kappa shape index (κ2) is 11.0. The molecule has 1 aromatic carbocycles. The summed E-state index contributed by atoms with van der Waals surface area (Å²) >= 11 is 0. The highest BCUT2D eigenvalue weighted by molar-refractivity contribution is 7.86. The Morgan fingerprint density at radius 1 is 1.12 bits per heavy atom. The fraction of sp³-hybridized carbons (Fsp3) is 0.545. The Hall–Kier alpha value is -2.88. The average molecular weight is 597 g/mol. The van der Waals surface area contributed by atoms with Crippen LogP contribution in [0.4, 0.5) is 0 Å². The molecular formula is C33H40O8S. The topological polar surface area (TPSA) is 124 Å². The quantitative estimate of drug-likeness (QED) is 0.238. The van der Waals surface area contributed by atoms with Gasteiger partial charge in [-0.15, -0.1) is 0 Å². The summed E-state index contributed by atoms with van der Waals surface area (Å²) in [5.41, 5.74) is 0.532. The second-order valence-corrected chi connectivity index (χ2v) is 14.2. The van der Waals surface area contributed by atoms with Crippen LogP contribution in [0, 0.1) is 23.7 Å². The third-order valence-corrected chi connectivity index (χ3v) is 11.4. The van der Waals surface area contributed by atoms with Gasteiger partial charge in [-0.3, -0.25) is 18.6 Å². The largest absolute Gasteiger partial charge is 0.450 e. The summed E-state index contributed by atoms with van der Waals surface area (Å²) in [6, 6.07) is 6.14. The number of aryl methyl sites for hydroxylation is 1. The third kappa shape index (κ3) is 4.93. The molecule has 4 aliphatic rings. The zero-order valence-corrected chi connectivity index (χ0v) is 25.6. The van der Waals surface area contributed by atoms with Gasteiger partial charge in [0.25, 0.3) is 10.1 Å². The Bertz CT molecular complexity index is 1500. The van der Waals surface area contributed by atoms with E-state index in [1.54, 1.807) is 24.3 Å². The molecule has 0 aliphatic heterocycles. The Balaban J connectivity index is 1.51. The summed E-state index contributed by atoms with van der Waals surface area (Å²) in [4.78, 5) is 39.3. The maximum atomic E-state index is 14.1. The van der Waals surface area contributed by atoms with Crippen LogP contribution in [0.1, 0.15) is 77.7 Å². The zero-order chi connectivity index (χ0) is 30.5. The molecule has 0 saturated heterocycles. The highest BCUT2D eigenvalue weighted by Crippen LogP contribution is 2.65. The van der Waals surface area contributed by atoms with Gasteiger partial charge >= 0.3 is 5.97 Å². The second-order valence-electron chi connectivity index (χ2n) is 12.6. The van der Waals surface area contributed by atoms with Crippen LogP contribution in [0.25, 0.3) is 0 Å². The number of hydrogen-bond donors (Lipinski definition) is 1. The molecule has 5 rings (SSSR count). The Labute approximate surface area is 248 Å². The van der Waals surface area contributed by atoms with Gasteiger partial charge in [0, 0.05) is 17.3 Å². The summed E-state index contributed by atoms with van der Waals surface area (Å²) < 4.78 is 37.3. The molecule has 0 spiro atoms. The number of carbonyl (C=O) groups excluding carboxylic acids is 3. The number of ketones is 2. The molecule has 0 radical (unpaired) electrons. The van der Waals surface area contributed by atoms with Gasteiger partial charge in [-0.05, 0) is 88.1 Å². The van der Waals surface area contributed by atoms with Crippen LogP contribution in [0.3, 0.4) is 0 Å². The van der Waals surface area contributed by atoms with Crippen LogP contribution in [0.15, 0.2) is 64.1 Å². The van der Waals surface area contributed by atoms with Gasteiger partial charge < -0.3 is 9.84 Å². The molecule has 1 saturated carbocycles. The van der Waals surface area contributed by atoms with E-state index in [2.05, 4.69) is 0 Å². The SMILES string of the molecule is CCCCC(=O)O[C@]1(C(=O)COS(=O)(=O)c2ccc(C)cc2)CC[C@H]2C3=C([C@@H](O)C[C@@]21C)[C@@]1(C)C=CC(=O)C=C1CC3. The van der Waals surface area contributed by atoms with Crippen molar-refractivity contribution < 1.29 is 36.8 Å². The number of fused-ring (bicyclic) bond motifs is 4. The molecule has 0 heterocycles. The molecule has 1 N–H and O–H groups in total. The van der Waals surface area contributed by atoms with Gasteiger partial charge in [0.1, 0.15) is 6.61 Å². The number of unbranched alkanes of at least 4 members (excludes halogenated alkanes) is 1.